The summed E-state index contributed by atoms with van der Waals surface area (Å²) in [7, 11) is 0. The molecule has 1 fully saturated rings. The van der Waals surface area contributed by atoms with Crippen LogP contribution in [0.5, 0.6) is 0 Å². The summed E-state index contributed by atoms with van der Waals surface area (Å²) in [6, 6.07) is 19.3. The number of carbonyl (C=O) groups is 1. The summed E-state index contributed by atoms with van der Waals surface area (Å²) >= 11 is 0. The Morgan fingerprint density at radius 2 is 1.72 bits per heavy atom. The molecule has 1 saturated heterocycles. The monoisotopic (exact) mass is 334 g/mol. The first-order valence-electron chi connectivity index (χ1n) is 8.27. The average Bonchev–Trinajstić information content (AvgIpc) is 3.29. The number of hydrogen-bond acceptors (Lipinski definition) is 4. The third-order valence-electron chi connectivity index (χ3n) is 4.28. The molecule has 4 rings (SSSR count). The van der Waals surface area contributed by atoms with Gasteiger partial charge in [-0.05, 0) is 18.6 Å². The third kappa shape index (κ3) is 3.04. The standard InChI is InChI=1S/C19H18N4O2/c24-16-11-12-22(13-16)19(25)17-20-18(14-7-3-1-4-8-14)23(21-17)15-9-5-2-6-10-15/h1-10,16,24H,11-13H2/t16-/m0/s1. The zero-order valence-electron chi connectivity index (χ0n) is 13.6. The molecule has 1 aromatic heterocycles. The van der Waals surface area contributed by atoms with Crippen molar-refractivity contribution >= 4 is 5.91 Å². The highest BCUT2D eigenvalue weighted by Crippen LogP contribution is 2.22. The van der Waals surface area contributed by atoms with E-state index in [1.54, 1.807) is 9.58 Å². The maximum absolute atomic E-state index is 12.7. The summed E-state index contributed by atoms with van der Waals surface area (Å²) in [5, 5.41) is 14.1. The largest absolute Gasteiger partial charge is 0.391 e. The SMILES string of the molecule is O=C(c1nc(-c2ccccc2)n(-c2ccccc2)n1)N1CC[C@H](O)C1. The normalized spacial score (nSPS) is 17.0. The van der Waals surface area contributed by atoms with E-state index in [2.05, 4.69) is 10.1 Å². The number of aliphatic hydroxyl groups excluding tert-OH is 1. The smallest absolute Gasteiger partial charge is 0.293 e. The van der Waals surface area contributed by atoms with E-state index in [0.29, 0.717) is 25.3 Å². The van der Waals surface area contributed by atoms with Crippen LogP contribution < -0.4 is 0 Å². The average molecular weight is 334 g/mol. The molecule has 0 bridgehead atoms. The fourth-order valence-corrected chi connectivity index (χ4v) is 2.99. The number of aliphatic hydroxyl groups is 1. The molecule has 25 heavy (non-hydrogen) atoms. The molecule has 1 aliphatic heterocycles. The van der Waals surface area contributed by atoms with E-state index < -0.39 is 6.10 Å². The number of β-amino-alcohol motifs (C(OH)–C–C–N with tert-alkyl or cyclic N) is 1. The van der Waals surface area contributed by atoms with Gasteiger partial charge in [-0.1, -0.05) is 48.5 Å². The van der Waals surface area contributed by atoms with Gasteiger partial charge >= 0.3 is 0 Å². The van der Waals surface area contributed by atoms with Crippen LogP contribution in [0.2, 0.25) is 0 Å². The molecule has 0 saturated carbocycles. The van der Waals surface area contributed by atoms with Crippen molar-refractivity contribution < 1.29 is 9.90 Å². The molecule has 1 amide bonds. The minimum Gasteiger partial charge on any atom is -0.391 e. The number of amides is 1. The quantitative estimate of drug-likeness (QED) is 0.797. The van der Waals surface area contributed by atoms with E-state index in [1.165, 1.54) is 0 Å². The van der Waals surface area contributed by atoms with Crippen LogP contribution in [0.4, 0.5) is 0 Å². The van der Waals surface area contributed by atoms with Crippen LogP contribution in [-0.2, 0) is 0 Å². The molecule has 0 radical (unpaired) electrons. The van der Waals surface area contributed by atoms with E-state index in [4.69, 9.17) is 0 Å². The second-order valence-electron chi connectivity index (χ2n) is 6.07. The lowest BCUT2D eigenvalue weighted by atomic mass is 10.2. The zero-order chi connectivity index (χ0) is 17.2. The zero-order valence-corrected chi connectivity index (χ0v) is 13.6. The molecule has 1 aliphatic rings. The molecular formula is C19H18N4O2. The van der Waals surface area contributed by atoms with Crippen molar-refractivity contribution in [3.05, 3.63) is 66.5 Å². The lowest BCUT2D eigenvalue weighted by Crippen LogP contribution is -2.30. The van der Waals surface area contributed by atoms with Crippen LogP contribution in [0.25, 0.3) is 17.1 Å². The Bertz CT molecular complexity index is 820. The lowest BCUT2D eigenvalue weighted by Gasteiger charge is -2.12. The van der Waals surface area contributed by atoms with Crippen LogP contribution in [0.15, 0.2) is 60.7 Å². The van der Waals surface area contributed by atoms with E-state index in [-0.39, 0.29) is 11.7 Å². The van der Waals surface area contributed by atoms with Crippen molar-refractivity contribution in [2.45, 2.75) is 12.5 Å². The first-order valence-corrected chi connectivity index (χ1v) is 8.27. The number of aromatic nitrogens is 3. The Morgan fingerprint density at radius 3 is 2.36 bits per heavy atom. The molecule has 1 N–H and O–H groups in total. The van der Waals surface area contributed by atoms with Gasteiger partial charge in [-0.3, -0.25) is 4.79 Å². The maximum atomic E-state index is 12.7. The Morgan fingerprint density at radius 1 is 1.04 bits per heavy atom. The predicted molar refractivity (Wildman–Crippen MR) is 93.3 cm³/mol. The van der Waals surface area contributed by atoms with Crippen molar-refractivity contribution in [3.63, 3.8) is 0 Å². The van der Waals surface area contributed by atoms with E-state index in [1.807, 2.05) is 60.7 Å². The fourth-order valence-electron chi connectivity index (χ4n) is 2.99. The number of benzene rings is 2. The number of nitrogens with zero attached hydrogens (tertiary/aromatic N) is 4. The van der Waals surface area contributed by atoms with Crippen molar-refractivity contribution in [3.8, 4) is 17.1 Å². The van der Waals surface area contributed by atoms with Crippen LogP contribution in [0.3, 0.4) is 0 Å². The maximum Gasteiger partial charge on any atom is 0.293 e. The van der Waals surface area contributed by atoms with Crippen molar-refractivity contribution in [1.82, 2.24) is 19.7 Å². The van der Waals surface area contributed by atoms with Gasteiger partial charge in [0.15, 0.2) is 5.82 Å². The Hall–Kier alpha value is -2.99. The summed E-state index contributed by atoms with van der Waals surface area (Å²) < 4.78 is 1.69. The Balaban J connectivity index is 1.77. The summed E-state index contributed by atoms with van der Waals surface area (Å²) in [6.45, 7) is 0.861. The minimum absolute atomic E-state index is 0.150. The molecule has 6 nitrogen and oxygen atoms in total. The fraction of sp³-hybridized carbons (Fsp3) is 0.211. The minimum atomic E-state index is -0.464. The predicted octanol–water partition coefficient (Wildman–Crippen LogP) is 2.14. The van der Waals surface area contributed by atoms with Gasteiger partial charge in [0.2, 0.25) is 5.82 Å². The van der Waals surface area contributed by atoms with Crippen LogP contribution in [-0.4, -0.2) is 49.9 Å². The molecule has 0 unspecified atom stereocenters. The number of para-hydroxylation sites is 1. The van der Waals surface area contributed by atoms with Gasteiger partial charge in [0.1, 0.15) is 0 Å². The summed E-state index contributed by atoms with van der Waals surface area (Å²) in [4.78, 5) is 18.8. The second-order valence-corrected chi connectivity index (χ2v) is 6.07. The Kier molecular flexibility index (Phi) is 4.03. The van der Waals surface area contributed by atoms with E-state index >= 15 is 0 Å². The molecule has 6 heteroatoms. The number of hydrogen-bond donors (Lipinski definition) is 1. The molecule has 1 atom stereocenters. The van der Waals surface area contributed by atoms with Gasteiger partial charge in [-0.25, -0.2) is 9.67 Å². The lowest BCUT2D eigenvalue weighted by molar-refractivity contribution is 0.0753. The number of likely N-dealkylation sites (tertiary alicyclic amines) is 1. The first kappa shape index (κ1) is 15.5. The Labute approximate surface area is 145 Å². The van der Waals surface area contributed by atoms with Crippen LogP contribution >= 0.6 is 0 Å². The number of rotatable bonds is 3. The third-order valence-corrected chi connectivity index (χ3v) is 4.28. The van der Waals surface area contributed by atoms with Crippen molar-refractivity contribution in [2.75, 3.05) is 13.1 Å². The second kappa shape index (κ2) is 6.49. The highest BCUT2D eigenvalue weighted by Gasteiger charge is 2.29. The highest BCUT2D eigenvalue weighted by molar-refractivity contribution is 5.91. The van der Waals surface area contributed by atoms with Gasteiger partial charge in [-0.15, -0.1) is 5.10 Å². The number of carbonyl (C=O) groups excluding carboxylic acids is 1. The van der Waals surface area contributed by atoms with Crippen molar-refractivity contribution in [1.29, 1.82) is 0 Å². The van der Waals surface area contributed by atoms with Crippen molar-refractivity contribution in [2.24, 2.45) is 0 Å². The van der Waals surface area contributed by atoms with Gasteiger partial charge < -0.3 is 10.0 Å². The molecular weight excluding hydrogens is 316 g/mol. The van der Waals surface area contributed by atoms with E-state index in [9.17, 15) is 9.90 Å². The molecule has 2 heterocycles. The molecule has 3 aromatic rings. The molecule has 2 aromatic carbocycles. The molecule has 126 valence electrons. The highest BCUT2D eigenvalue weighted by atomic mass is 16.3. The van der Waals surface area contributed by atoms with Gasteiger partial charge in [-0.2, -0.15) is 0 Å². The summed E-state index contributed by atoms with van der Waals surface area (Å²) in [6.07, 6.45) is 0.130. The van der Waals surface area contributed by atoms with Gasteiger partial charge in [0.05, 0.1) is 11.8 Å². The summed E-state index contributed by atoms with van der Waals surface area (Å²) in [5.74, 6) is 0.523. The molecule has 0 spiro atoms. The van der Waals surface area contributed by atoms with Crippen LogP contribution in [0.1, 0.15) is 17.0 Å². The van der Waals surface area contributed by atoms with Gasteiger partial charge in [0, 0.05) is 18.7 Å². The van der Waals surface area contributed by atoms with Gasteiger partial charge in [0.25, 0.3) is 5.91 Å². The van der Waals surface area contributed by atoms with E-state index in [0.717, 1.165) is 11.3 Å². The summed E-state index contributed by atoms with van der Waals surface area (Å²) in [5.41, 5.74) is 1.73. The van der Waals surface area contributed by atoms with Crippen LogP contribution in [0, 0.1) is 0 Å². The molecule has 0 aliphatic carbocycles. The topological polar surface area (TPSA) is 71.2 Å². The first-order chi connectivity index (χ1) is 12.2.